The van der Waals surface area contributed by atoms with Crippen LogP contribution in [-0.2, 0) is 19.6 Å². The van der Waals surface area contributed by atoms with Crippen LogP contribution < -0.4 is 0 Å². The molecule has 2 N–H and O–H groups in total. The van der Waals surface area contributed by atoms with Gasteiger partial charge in [0, 0.05) is 5.56 Å². The Morgan fingerprint density at radius 2 is 1.43 bits per heavy atom. The molecular weight excluding hydrogens is 302 g/mol. The topological polar surface area (TPSA) is 129 Å². The highest BCUT2D eigenvalue weighted by Gasteiger charge is 2.28. The van der Waals surface area contributed by atoms with Crippen molar-refractivity contribution in [1.29, 1.82) is 0 Å². The Balaban J connectivity index is 3.17. The number of carboxylic acid groups (broad SMARTS) is 2. The molecule has 0 unspecified atom stereocenters. The van der Waals surface area contributed by atoms with Crippen molar-refractivity contribution in [2.45, 2.75) is 11.8 Å². The van der Waals surface area contributed by atoms with Crippen LogP contribution in [-0.4, -0.2) is 53.7 Å². The molecule has 114 valence electrons. The van der Waals surface area contributed by atoms with Crippen molar-refractivity contribution in [1.82, 2.24) is 4.31 Å². The molecule has 1 aromatic carbocycles. The molecule has 1 aromatic rings. The summed E-state index contributed by atoms with van der Waals surface area (Å²) in [5, 5.41) is 17.4. The number of rotatable bonds is 7. The molecule has 0 saturated carbocycles. The molecule has 0 aliphatic carbocycles. The van der Waals surface area contributed by atoms with Gasteiger partial charge in [0.25, 0.3) is 0 Å². The normalized spacial score (nSPS) is 11.3. The minimum Gasteiger partial charge on any atom is -0.480 e. The Hall–Kier alpha value is -2.26. The molecule has 0 saturated heterocycles. The van der Waals surface area contributed by atoms with Crippen LogP contribution in [0.3, 0.4) is 0 Å². The van der Waals surface area contributed by atoms with E-state index in [2.05, 4.69) is 0 Å². The molecule has 0 heterocycles. The summed E-state index contributed by atoms with van der Waals surface area (Å²) in [5.74, 6) is -3.20. The quantitative estimate of drug-likeness (QED) is 0.680. The Kier molecular flexibility index (Phi) is 5.17. The number of hydrogen-bond donors (Lipinski definition) is 2. The van der Waals surface area contributed by atoms with E-state index in [0.717, 1.165) is 12.1 Å². The van der Waals surface area contributed by atoms with Gasteiger partial charge in [-0.1, -0.05) is 12.1 Å². The number of ketones is 1. The first kappa shape index (κ1) is 16.8. The van der Waals surface area contributed by atoms with E-state index in [1.165, 1.54) is 19.1 Å². The third-order valence-corrected chi connectivity index (χ3v) is 4.33. The molecule has 0 aliphatic rings. The lowest BCUT2D eigenvalue weighted by atomic mass is 10.2. The zero-order valence-electron chi connectivity index (χ0n) is 11.0. The Labute approximate surface area is 120 Å². The number of hydrogen-bond acceptors (Lipinski definition) is 5. The molecule has 9 heteroatoms. The van der Waals surface area contributed by atoms with Crippen LogP contribution in [0.15, 0.2) is 29.2 Å². The fourth-order valence-electron chi connectivity index (χ4n) is 1.54. The highest BCUT2D eigenvalue weighted by Crippen LogP contribution is 2.16. The lowest BCUT2D eigenvalue weighted by Crippen LogP contribution is -2.39. The van der Waals surface area contributed by atoms with Gasteiger partial charge in [-0.15, -0.1) is 0 Å². The largest absolute Gasteiger partial charge is 0.480 e. The minimum atomic E-state index is -4.27. The second-order valence-electron chi connectivity index (χ2n) is 4.14. The first-order valence-electron chi connectivity index (χ1n) is 5.69. The van der Waals surface area contributed by atoms with Gasteiger partial charge in [0.15, 0.2) is 5.78 Å². The molecule has 1 rings (SSSR count). The molecule has 0 spiro atoms. The summed E-state index contributed by atoms with van der Waals surface area (Å²) >= 11 is 0. The van der Waals surface area contributed by atoms with Crippen LogP contribution in [0.25, 0.3) is 0 Å². The molecule has 21 heavy (non-hydrogen) atoms. The number of nitrogens with zero attached hydrogens (tertiary/aromatic N) is 1. The zero-order chi connectivity index (χ0) is 16.2. The van der Waals surface area contributed by atoms with Gasteiger partial charge in [-0.25, -0.2) is 8.42 Å². The molecular formula is C12H13NO7S. The van der Waals surface area contributed by atoms with Gasteiger partial charge in [-0.2, -0.15) is 4.31 Å². The van der Waals surface area contributed by atoms with Crippen molar-refractivity contribution in [2.75, 3.05) is 13.1 Å². The molecule has 0 fully saturated rings. The summed E-state index contributed by atoms with van der Waals surface area (Å²) in [6.45, 7) is -0.628. The fourth-order valence-corrected chi connectivity index (χ4v) is 2.88. The third-order valence-electron chi connectivity index (χ3n) is 2.52. The van der Waals surface area contributed by atoms with Crippen molar-refractivity contribution in [2.24, 2.45) is 0 Å². The predicted molar refractivity (Wildman–Crippen MR) is 70.5 cm³/mol. The third kappa shape index (κ3) is 4.36. The number of carbonyl (C=O) groups is 3. The SMILES string of the molecule is CC(=O)c1ccc(S(=O)(=O)N(CC(=O)O)CC(=O)O)cc1. The average Bonchev–Trinajstić information content (AvgIpc) is 2.37. The molecule has 8 nitrogen and oxygen atoms in total. The molecule has 0 aromatic heterocycles. The van der Waals surface area contributed by atoms with Crippen LogP contribution in [0.2, 0.25) is 0 Å². The number of aliphatic carboxylic acids is 2. The molecule has 0 bridgehead atoms. The van der Waals surface area contributed by atoms with Crippen LogP contribution in [0.1, 0.15) is 17.3 Å². The Bertz CT molecular complexity index is 647. The number of carboxylic acids is 2. The maximum atomic E-state index is 12.2. The van der Waals surface area contributed by atoms with E-state index in [1.807, 2.05) is 0 Å². The molecule has 0 amide bonds. The minimum absolute atomic E-state index is 0.258. The van der Waals surface area contributed by atoms with Gasteiger partial charge in [0.2, 0.25) is 10.0 Å². The Morgan fingerprint density at radius 3 is 1.76 bits per heavy atom. The first-order valence-corrected chi connectivity index (χ1v) is 7.13. The van der Waals surface area contributed by atoms with Gasteiger partial charge in [0.1, 0.15) is 13.1 Å². The number of Topliss-reactive ketones (excluding diaryl/α,β-unsaturated/α-hetero) is 1. The summed E-state index contributed by atoms with van der Waals surface area (Å²) in [6, 6.07) is 4.80. The second kappa shape index (κ2) is 6.46. The van der Waals surface area contributed by atoms with Crippen LogP contribution in [0.5, 0.6) is 0 Å². The summed E-state index contributed by atoms with van der Waals surface area (Å²) in [6.07, 6.45) is 0. The maximum absolute atomic E-state index is 12.2. The lowest BCUT2D eigenvalue weighted by molar-refractivity contribution is -0.139. The van der Waals surface area contributed by atoms with E-state index in [-0.39, 0.29) is 16.2 Å². The van der Waals surface area contributed by atoms with Crippen molar-refractivity contribution >= 4 is 27.7 Å². The monoisotopic (exact) mass is 315 g/mol. The molecule has 0 atom stereocenters. The maximum Gasteiger partial charge on any atom is 0.318 e. The van der Waals surface area contributed by atoms with Crippen molar-refractivity contribution in [3.63, 3.8) is 0 Å². The number of sulfonamides is 1. The smallest absolute Gasteiger partial charge is 0.318 e. The van der Waals surface area contributed by atoms with E-state index >= 15 is 0 Å². The first-order chi connectivity index (χ1) is 9.64. The van der Waals surface area contributed by atoms with E-state index in [4.69, 9.17) is 10.2 Å². The van der Waals surface area contributed by atoms with Crippen molar-refractivity contribution in [3.05, 3.63) is 29.8 Å². The van der Waals surface area contributed by atoms with E-state index in [9.17, 15) is 22.8 Å². The average molecular weight is 315 g/mol. The summed E-state index contributed by atoms with van der Waals surface area (Å²) in [7, 11) is -4.27. The van der Waals surface area contributed by atoms with Gasteiger partial charge < -0.3 is 10.2 Å². The second-order valence-corrected chi connectivity index (χ2v) is 6.08. The van der Waals surface area contributed by atoms with Crippen molar-refractivity contribution < 1.29 is 33.0 Å². The fraction of sp³-hybridized carbons (Fsp3) is 0.250. The van der Waals surface area contributed by atoms with Crippen LogP contribution >= 0.6 is 0 Å². The number of carbonyl (C=O) groups excluding carboxylic acids is 1. The van der Waals surface area contributed by atoms with Crippen LogP contribution in [0.4, 0.5) is 0 Å². The van der Waals surface area contributed by atoms with E-state index < -0.39 is 35.1 Å². The van der Waals surface area contributed by atoms with Gasteiger partial charge >= 0.3 is 11.9 Å². The lowest BCUT2D eigenvalue weighted by Gasteiger charge is -2.18. The van der Waals surface area contributed by atoms with E-state index in [0.29, 0.717) is 4.31 Å². The number of benzene rings is 1. The Morgan fingerprint density at radius 1 is 1.00 bits per heavy atom. The molecule has 0 aliphatic heterocycles. The van der Waals surface area contributed by atoms with Crippen molar-refractivity contribution in [3.8, 4) is 0 Å². The summed E-state index contributed by atoms with van der Waals surface area (Å²) in [4.78, 5) is 32.2. The van der Waals surface area contributed by atoms with E-state index in [1.54, 1.807) is 0 Å². The zero-order valence-corrected chi connectivity index (χ0v) is 11.8. The summed E-state index contributed by atoms with van der Waals surface area (Å²) in [5.41, 5.74) is 0.289. The van der Waals surface area contributed by atoms with Gasteiger partial charge in [-0.3, -0.25) is 14.4 Å². The highest BCUT2D eigenvalue weighted by atomic mass is 32.2. The van der Waals surface area contributed by atoms with Gasteiger partial charge in [0.05, 0.1) is 4.90 Å². The van der Waals surface area contributed by atoms with Crippen LogP contribution in [0, 0.1) is 0 Å². The molecule has 0 radical (unpaired) electrons. The van der Waals surface area contributed by atoms with Gasteiger partial charge in [-0.05, 0) is 19.1 Å². The predicted octanol–water partition coefficient (Wildman–Crippen LogP) is 0.0491. The highest BCUT2D eigenvalue weighted by molar-refractivity contribution is 7.89. The summed E-state index contributed by atoms with van der Waals surface area (Å²) < 4.78 is 24.7. The standard InChI is InChI=1S/C12H13NO7S/c1-8(14)9-2-4-10(5-3-9)21(19,20)13(6-11(15)16)7-12(17)18/h2-5H,6-7H2,1H3,(H,15,16)(H,17,18).